The van der Waals surface area contributed by atoms with Gasteiger partial charge in [-0.3, -0.25) is 9.69 Å². The summed E-state index contributed by atoms with van der Waals surface area (Å²) in [7, 11) is 0. The van der Waals surface area contributed by atoms with Gasteiger partial charge in [0.2, 0.25) is 5.91 Å². The van der Waals surface area contributed by atoms with E-state index in [4.69, 9.17) is 4.74 Å². The Kier molecular flexibility index (Phi) is 7.14. The molecule has 2 aliphatic rings. The SMILES string of the molecule is CCOC(=O)N1CCN(C(=O)CCN2CCN(c3cccc(C)c3)CC2)CC1. The molecule has 0 aliphatic carbocycles. The number of anilines is 1. The van der Waals surface area contributed by atoms with Gasteiger partial charge < -0.3 is 19.4 Å². The lowest BCUT2D eigenvalue weighted by Gasteiger charge is -2.37. The molecule has 2 saturated heterocycles. The number of nitrogens with zero attached hydrogens (tertiary/aromatic N) is 4. The standard InChI is InChI=1S/C21H32N4O3/c1-3-28-21(27)25-15-13-24(14-16-25)20(26)7-8-22-9-11-23(12-10-22)19-6-4-5-18(2)17-19/h4-6,17H,3,7-16H2,1-2H3. The van der Waals surface area contributed by atoms with Gasteiger partial charge in [-0.2, -0.15) is 0 Å². The monoisotopic (exact) mass is 388 g/mol. The van der Waals surface area contributed by atoms with E-state index in [2.05, 4.69) is 41.0 Å². The Labute approximate surface area is 167 Å². The molecular weight excluding hydrogens is 356 g/mol. The van der Waals surface area contributed by atoms with Crippen molar-refractivity contribution in [1.82, 2.24) is 14.7 Å². The first-order chi connectivity index (χ1) is 13.6. The molecule has 0 atom stereocenters. The van der Waals surface area contributed by atoms with Gasteiger partial charge in [-0.25, -0.2) is 4.79 Å². The lowest BCUT2D eigenvalue weighted by molar-refractivity contribution is -0.133. The summed E-state index contributed by atoms with van der Waals surface area (Å²) in [6, 6.07) is 8.63. The van der Waals surface area contributed by atoms with E-state index in [-0.39, 0.29) is 12.0 Å². The molecule has 2 aliphatic heterocycles. The van der Waals surface area contributed by atoms with Gasteiger partial charge in [-0.15, -0.1) is 0 Å². The van der Waals surface area contributed by atoms with Crippen molar-refractivity contribution in [2.24, 2.45) is 0 Å². The van der Waals surface area contributed by atoms with Crippen molar-refractivity contribution >= 4 is 17.7 Å². The molecule has 2 fully saturated rings. The molecular formula is C21H32N4O3. The lowest BCUT2D eigenvalue weighted by atomic mass is 10.2. The van der Waals surface area contributed by atoms with Crippen molar-refractivity contribution in [3.8, 4) is 0 Å². The average molecular weight is 389 g/mol. The second kappa shape index (κ2) is 9.78. The van der Waals surface area contributed by atoms with E-state index in [0.29, 0.717) is 39.2 Å². The summed E-state index contributed by atoms with van der Waals surface area (Å²) in [5.41, 5.74) is 2.57. The third kappa shape index (κ3) is 5.38. The van der Waals surface area contributed by atoms with Crippen molar-refractivity contribution in [2.45, 2.75) is 20.3 Å². The Bertz CT molecular complexity index is 665. The highest BCUT2D eigenvalue weighted by molar-refractivity contribution is 5.77. The molecule has 2 heterocycles. The van der Waals surface area contributed by atoms with Gasteiger partial charge in [-0.1, -0.05) is 12.1 Å². The molecule has 1 aromatic carbocycles. The van der Waals surface area contributed by atoms with Gasteiger partial charge in [0, 0.05) is 71.0 Å². The molecule has 1 aromatic rings. The second-order valence-corrected chi connectivity index (χ2v) is 7.48. The molecule has 0 radical (unpaired) electrons. The molecule has 0 spiro atoms. The number of benzene rings is 1. The minimum absolute atomic E-state index is 0.185. The number of carbonyl (C=O) groups excluding carboxylic acids is 2. The fourth-order valence-corrected chi connectivity index (χ4v) is 3.82. The highest BCUT2D eigenvalue weighted by Gasteiger charge is 2.25. The highest BCUT2D eigenvalue weighted by atomic mass is 16.6. The van der Waals surface area contributed by atoms with Gasteiger partial charge in [0.15, 0.2) is 0 Å². The summed E-state index contributed by atoms with van der Waals surface area (Å²) in [6.07, 6.45) is 0.269. The summed E-state index contributed by atoms with van der Waals surface area (Å²) >= 11 is 0. The predicted octanol–water partition coefficient (Wildman–Crippen LogP) is 1.81. The number of hydrogen-bond acceptors (Lipinski definition) is 5. The third-order valence-corrected chi connectivity index (χ3v) is 5.54. The van der Waals surface area contributed by atoms with Crippen molar-refractivity contribution in [3.63, 3.8) is 0 Å². The smallest absolute Gasteiger partial charge is 0.409 e. The van der Waals surface area contributed by atoms with Crippen LogP contribution in [-0.4, -0.2) is 92.2 Å². The van der Waals surface area contributed by atoms with Crippen LogP contribution in [0.3, 0.4) is 0 Å². The average Bonchev–Trinajstić information content (AvgIpc) is 2.72. The summed E-state index contributed by atoms with van der Waals surface area (Å²) in [6.45, 7) is 11.4. The van der Waals surface area contributed by atoms with Crippen molar-refractivity contribution in [2.75, 3.05) is 70.4 Å². The van der Waals surface area contributed by atoms with E-state index in [0.717, 1.165) is 32.7 Å². The maximum atomic E-state index is 12.5. The zero-order valence-corrected chi connectivity index (χ0v) is 17.1. The first kappa shape index (κ1) is 20.5. The molecule has 7 nitrogen and oxygen atoms in total. The van der Waals surface area contributed by atoms with E-state index < -0.39 is 0 Å². The molecule has 3 rings (SSSR count). The van der Waals surface area contributed by atoms with Gasteiger partial charge >= 0.3 is 6.09 Å². The minimum atomic E-state index is -0.277. The van der Waals surface area contributed by atoms with Crippen LogP contribution >= 0.6 is 0 Å². The minimum Gasteiger partial charge on any atom is -0.450 e. The quantitative estimate of drug-likeness (QED) is 0.770. The van der Waals surface area contributed by atoms with Crippen molar-refractivity contribution in [1.29, 1.82) is 0 Å². The number of ether oxygens (including phenoxy) is 1. The largest absolute Gasteiger partial charge is 0.450 e. The number of carbonyl (C=O) groups is 2. The maximum absolute atomic E-state index is 12.5. The molecule has 0 bridgehead atoms. The van der Waals surface area contributed by atoms with E-state index in [1.165, 1.54) is 11.3 Å². The summed E-state index contributed by atoms with van der Waals surface area (Å²) in [5.74, 6) is 0.185. The highest BCUT2D eigenvalue weighted by Crippen LogP contribution is 2.18. The number of amides is 2. The van der Waals surface area contributed by atoms with E-state index in [1.807, 2.05) is 4.90 Å². The van der Waals surface area contributed by atoms with Gasteiger partial charge in [0.05, 0.1) is 6.61 Å². The number of hydrogen-bond donors (Lipinski definition) is 0. The molecule has 28 heavy (non-hydrogen) atoms. The summed E-state index contributed by atoms with van der Waals surface area (Å²) in [5, 5.41) is 0. The predicted molar refractivity (Wildman–Crippen MR) is 110 cm³/mol. The van der Waals surface area contributed by atoms with Crippen LogP contribution in [0.5, 0.6) is 0 Å². The molecule has 154 valence electrons. The van der Waals surface area contributed by atoms with Gasteiger partial charge in [0.25, 0.3) is 0 Å². The Balaban J connectivity index is 1.36. The van der Waals surface area contributed by atoms with Crippen LogP contribution in [-0.2, 0) is 9.53 Å². The molecule has 2 amide bonds. The van der Waals surface area contributed by atoms with Crippen LogP contribution in [0.1, 0.15) is 18.9 Å². The maximum Gasteiger partial charge on any atom is 0.409 e. The molecule has 7 heteroatoms. The molecule has 0 aromatic heterocycles. The fourth-order valence-electron chi connectivity index (χ4n) is 3.82. The Morgan fingerprint density at radius 2 is 1.64 bits per heavy atom. The van der Waals surface area contributed by atoms with Crippen LogP contribution in [0, 0.1) is 6.92 Å². The normalized spacial score (nSPS) is 18.3. The zero-order chi connectivity index (χ0) is 19.9. The van der Waals surface area contributed by atoms with E-state index in [1.54, 1.807) is 11.8 Å². The first-order valence-corrected chi connectivity index (χ1v) is 10.3. The van der Waals surface area contributed by atoms with Crippen molar-refractivity contribution < 1.29 is 14.3 Å². The number of aryl methyl sites for hydroxylation is 1. The Morgan fingerprint density at radius 1 is 0.964 bits per heavy atom. The molecule has 0 saturated carbocycles. The molecule has 0 N–H and O–H groups in total. The first-order valence-electron chi connectivity index (χ1n) is 10.3. The number of rotatable bonds is 5. The fraction of sp³-hybridized carbons (Fsp3) is 0.619. The Hall–Kier alpha value is -2.28. The third-order valence-electron chi connectivity index (χ3n) is 5.54. The second-order valence-electron chi connectivity index (χ2n) is 7.48. The molecule has 0 unspecified atom stereocenters. The summed E-state index contributed by atoms with van der Waals surface area (Å²) in [4.78, 5) is 32.6. The van der Waals surface area contributed by atoms with Crippen LogP contribution < -0.4 is 4.90 Å². The lowest BCUT2D eigenvalue weighted by Crippen LogP contribution is -2.51. The van der Waals surface area contributed by atoms with Gasteiger partial charge in [-0.05, 0) is 31.5 Å². The van der Waals surface area contributed by atoms with Crippen molar-refractivity contribution in [3.05, 3.63) is 29.8 Å². The van der Waals surface area contributed by atoms with Crippen LogP contribution in [0.15, 0.2) is 24.3 Å². The van der Waals surface area contributed by atoms with Crippen LogP contribution in [0.25, 0.3) is 0 Å². The topological polar surface area (TPSA) is 56.3 Å². The summed E-state index contributed by atoms with van der Waals surface area (Å²) < 4.78 is 5.02. The van der Waals surface area contributed by atoms with Crippen LogP contribution in [0.2, 0.25) is 0 Å². The van der Waals surface area contributed by atoms with Gasteiger partial charge in [0.1, 0.15) is 0 Å². The van der Waals surface area contributed by atoms with E-state index in [9.17, 15) is 9.59 Å². The zero-order valence-electron chi connectivity index (χ0n) is 17.1. The van der Waals surface area contributed by atoms with E-state index >= 15 is 0 Å². The number of piperazine rings is 2. The van der Waals surface area contributed by atoms with Crippen LogP contribution in [0.4, 0.5) is 10.5 Å². The Morgan fingerprint density at radius 3 is 2.29 bits per heavy atom.